The van der Waals surface area contributed by atoms with Crippen LogP contribution in [-0.4, -0.2) is 40.1 Å². The maximum atomic E-state index is 12.3. The van der Waals surface area contributed by atoms with Gasteiger partial charge in [-0.15, -0.1) is 5.10 Å². The van der Waals surface area contributed by atoms with Gasteiger partial charge in [0.05, 0.1) is 17.2 Å². The van der Waals surface area contributed by atoms with E-state index in [0.717, 1.165) is 5.56 Å². The van der Waals surface area contributed by atoms with E-state index < -0.39 is 9.84 Å². The molecule has 0 saturated heterocycles. The Bertz CT molecular complexity index is 928. The lowest BCUT2D eigenvalue weighted by molar-refractivity contribution is 0.596. The van der Waals surface area contributed by atoms with E-state index in [4.69, 9.17) is 11.6 Å². The quantitative estimate of drug-likeness (QED) is 0.573. The van der Waals surface area contributed by atoms with E-state index >= 15 is 0 Å². The molecule has 0 bridgehead atoms. The van der Waals surface area contributed by atoms with Gasteiger partial charge >= 0.3 is 0 Å². The van der Waals surface area contributed by atoms with Crippen LogP contribution in [0.15, 0.2) is 64.6 Å². The van der Waals surface area contributed by atoms with Gasteiger partial charge in [-0.3, -0.25) is 0 Å². The molecule has 1 aromatic heterocycles. The van der Waals surface area contributed by atoms with Gasteiger partial charge in [0.1, 0.15) is 0 Å². The first kappa shape index (κ1) is 17.9. The summed E-state index contributed by atoms with van der Waals surface area (Å²) in [4.78, 5) is 0.265. The molecule has 3 rings (SSSR count). The minimum absolute atomic E-state index is 0.00248. The Labute approximate surface area is 155 Å². The Hall–Kier alpha value is -1.90. The fraction of sp³-hybridized carbons (Fsp3) is 0.188. The number of rotatable bonds is 7. The van der Waals surface area contributed by atoms with Crippen molar-refractivity contribution in [2.45, 2.75) is 16.6 Å². The summed E-state index contributed by atoms with van der Waals surface area (Å²) in [6, 6.07) is 16.0. The fourth-order valence-corrected chi connectivity index (χ4v) is 4.81. The molecule has 0 aliphatic carbocycles. The van der Waals surface area contributed by atoms with Gasteiger partial charge in [-0.05, 0) is 40.3 Å². The van der Waals surface area contributed by atoms with Crippen molar-refractivity contribution in [2.75, 3.05) is 11.5 Å². The van der Waals surface area contributed by atoms with Crippen LogP contribution in [0.2, 0.25) is 5.02 Å². The van der Waals surface area contributed by atoms with Gasteiger partial charge in [-0.2, -0.15) is 0 Å². The summed E-state index contributed by atoms with van der Waals surface area (Å²) in [6.45, 7) is 0.542. The van der Waals surface area contributed by atoms with Crippen LogP contribution in [0.4, 0.5) is 0 Å². The van der Waals surface area contributed by atoms with Gasteiger partial charge in [-0.1, -0.05) is 53.7 Å². The van der Waals surface area contributed by atoms with E-state index in [-0.39, 0.29) is 10.6 Å². The van der Waals surface area contributed by atoms with Gasteiger partial charge in [0.25, 0.3) is 0 Å². The first-order valence-corrected chi connectivity index (χ1v) is 10.5. The second-order valence-electron chi connectivity index (χ2n) is 5.23. The normalized spacial score (nSPS) is 11.6. The molecule has 0 unspecified atom stereocenters. The second-order valence-corrected chi connectivity index (χ2v) is 8.83. The Morgan fingerprint density at radius 3 is 2.48 bits per heavy atom. The van der Waals surface area contributed by atoms with Crippen LogP contribution in [0, 0.1) is 0 Å². The highest BCUT2D eigenvalue weighted by Crippen LogP contribution is 2.19. The Kier molecular flexibility index (Phi) is 5.72. The van der Waals surface area contributed by atoms with Crippen molar-refractivity contribution in [3.8, 4) is 0 Å². The third-order valence-corrected chi connectivity index (χ3v) is 6.63. The van der Waals surface area contributed by atoms with Crippen molar-refractivity contribution in [1.82, 2.24) is 20.2 Å². The minimum Gasteiger partial charge on any atom is -0.224 e. The van der Waals surface area contributed by atoms with Crippen LogP contribution in [0.3, 0.4) is 0 Å². The second kappa shape index (κ2) is 7.99. The third-order valence-electron chi connectivity index (χ3n) is 3.43. The van der Waals surface area contributed by atoms with E-state index in [0.29, 0.717) is 22.5 Å². The van der Waals surface area contributed by atoms with Crippen molar-refractivity contribution >= 4 is 33.2 Å². The number of hydrogen-bond donors (Lipinski definition) is 0. The van der Waals surface area contributed by atoms with Crippen LogP contribution >= 0.6 is 23.4 Å². The Balaban J connectivity index is 1.61. The molecule has 0 amide bonds. The Morgan fingerprint density at radius 2 is 1.76 bits per heavy atom. The lowest BCUT2D eigenvalue weighted by atomic mass is 10.2. The summed E-state index contributed by atoms with van der Waals surface area (Å²) < 4.78 is 26.3. The number of nitrogens with zero attached hydrogens (tertiary/aromatic N) is 4. The molecular formula is C16H15ClN4O2S2. The molecule has 130 valence electrons. The number of sulfone groups is 1. The first-order chi connectivity index (χ1) is 12.0. The monoisotopic (exact) mass is 394 g/mol. The van der Waals surface area contributed by atoms with Gasteiger partial charge in [0.15, 0.2) is 9.84 Å². The van der Waals surface area contributed by atoms with E-state index in [2.05, 4.69) is 15.5 Å². The minimum atomic E-state index is -3.36. The largest absolute Gasteiger partial charge is 0.224 e. The lowest BCUT2D eigenvalue weighted by Gasteiger charge is -2.06. The molecule has 0 fully saturated rings. The summed E-state index contributed by atoms with van der Waals surface area (Å²) in [5, 5.41) is 12.7. The molecule has 0 atom stereocenters. The van der Waals surface area contributed by atoms with Crippen molar-refractivity contribution < 1.29 is 8.42 Å². The van der Waals surface area contributed by atoms with Gasteiger partial charge in [0.2, 0.25) is 5.16 Å². The molecule has 25 heavy (non-hydrogen) atoms. The fourth-order valence-electron chi connectivity index (χ4n) is 2.16. The zero-order valence-electron chi connectivity index (χ0n) is 13.1. The smallest absolute Gasteiger partial charge is 0.209 e. The van der Waals surface area contributed by atoms with Crippen molar-refractivity contribution in [1.29, 1.82) is 0 Å². The maximum Gasteiger partial charge on any atom is 0.209 e. The lowest BCUT2D eigenvalue weighted by Crippen LogP contribution is -2.10. The topological polar surface area (TPSA) is 77.7 Å². The summed E-state index contributed by atoms with van der Waals surface area (Å²) >= 11 is 7.11. The molecule has 0 spiro atoms. The van der Waals surface area contributed by atoms with Crippen molar-refractivity contribution in [3.05, 3.63) is 65.2 Å². The maximum absolute atomic E-state index is 12.3. The summed E-state index contributed by atoms with van der Waals surface area (Å²) in [6.07, 6.45) is 0. The molecule has 0 radical (unpaired) electrons. The van der Waals surface area contributed by atoms with E-state index in [1.807, 2.05) is 30.3 Å². The Morgan fingerprint density at radius 1 is 1.04 bits per heavy atom. The van der Waals surface area contributed by atoms with Crippen LogP contribution in [0.25, 0.3) is 0 Å². The standard InChI is InChI=1S/C16H15ClN4O2S2/c17-14-6-8-15(9-7-14)25(22,23)11-10-24-16-18-19-20-21(16)12-13-4-2-1-3-5-13/h1-9H,10-12H2. The summed E-state index contributed by atoms with van der Waals surface area (Å²) in [5.41, 5.74) is 1.07. The number of aromatic nitrogens is 4. The van der Waals surface area contributed by atoms with Crippen LogP contribution in [-0.2, 0) is 16.4 Å². The molecule has 0 N–H and O–H groups in total. The third kappa shape index (κ3) is 4.81. The van der Waals surface area contributed by atoms with Crippen LogP contribution in [0.1, 0.15) is 5.56 Å². The average molecular weight is 395 g/mol. The van der Waals surface area contributed by atoms with E-state index in [9.17, 15) is 8.42 Å². The zero-order chi connectivity index (χ0) is 17.7. The predicted molar refractivity (Wildman–Crippen MR) is 97.6 cm³/mol. The van der Waals surface area contributed by atoms with E-state index in [1.165, 1.54) is 23.9 Å². The molecular weight excluding hydrogens is 380 g/mol. The van der Waals surface area contributed by atoms with E-state index in [1.54, 1.807) is 16.8 Å². The van der Waals surface area contributed by atoms with Gasteiger partial charge in [-0.25, -0.2) is 13.1 Å². The number of benzene rings is 2. The molecule has 0 aliphatic heterocycles. The highest BCUT2D eigenvalue weighted by Gasteiger charge is 2.15. The number of halogens is 1. The first-order valence-electron chi connectivity index (χ1n) is 7.46. The molecule has 6 nitrogen and oxygen atoms in total. The highest BCUT2D eigenvalue weighted by atomic mass is 35.5. The highest BCUT2D eigenvalue weighted by molar-refractivity contribution is 8.00. The van der Waals surface area contributed by atoms with Crippen molar-refractivity contribution in [3.63, 3.8) is 0 Å². The van der Waals surface area contributed by atoms with Gasteiger partial charge < -0.3 is 0 Å². The number of tetrazole rings is 1. The number of thioether (sulfide) groups is 1. The molecule has 3 aromatic rings. The zero-order valence-corrected chi connectivity index (χ0v) is 15.5. The SMILES string of the molecule is O=S(=O)(CCSc1nnnn1Cc1ccccc1)c1ccc(Cl)cc1. The number of hydrogen-bond acceptors (Lipinski definition) is 6. The molecule has 0 aliphatic rings. The van der Waals surface area contributed by atoms with Crippen LogP contribution in [0.5, 0.6) is 0 Å². The average Bonchev–Trinajstić information content (AvgIpc) is 3.03. The molecule has 2 aromatic carbocycles. The predicted octanol–water partition coefficient (Wildman–Crippen LogP) is 2.94. The molecule has 9 heteroatoms. The summed E-state index contributed by atoms with van der Waals surface area (Å²) in [7, 11) is -3.36. The van der Waals surface area contributed by atoms with Crippen molar-refractivity contribution in [2.24, 2.45) is 0 Å². The van der Waals surface area contributed by atoms with Gasteiger partial charge in [0, 0.05) is 10.8 Å². The van der Waals surface area contributed by atoms with Crippen LogP contribution < -0.4 is 0 Å². The molecule has 0 saturated carbocycles. The molecule has 1 heterocycles. The summed E-state index contributed by atoms with van der Waals surface area (Å²) in [5.74, 6) is 0.359.